The fourth-order valence-electron chi connectivity index (χ4n) is 2.36. The second-order valence-electron chi connectivity index (χ2n) is 7.90. The van der Waals surface area contributed by atoms with Crippen molar-refractivity contribution in [1.82, 2.24) is 4.98 Å². The van der Waals surface area contributed by atoms with E-state index in [1.165, 1.54) is 5.56 Å². The van der Waals surface area contributed by atoms with Gasteiger partial charge in [-0.3, -0.25) is 4.98 Å². The van der Waals surface area contributed by atoms with E-state index in [4.69, 9.17) is 9.31 Å². The van der Waals surface area contributed by atoms with Crippen molar-refractivity contribution >= 4 is 12.6 Å². The molecule has 0 unspecified atom stereocenters. The molecule has 0 bridgehead atoms. The predicted octanol–water partition coefficient (Wildman–Crippen LogP) is 2.97. The van der Waals surface area contributed by atoms with Gasteiger partial charge in [-0.15, -0.1) is 0 Å². The molecule has 0 atom stereocenters. The lowest BCUT2D eigenvalue weighted by Crippen LogP contribution is -2.41. The summed E-state index contributed by atoms with van der Waals surface area (Å²) in [7, 11) is -0.305. The molecule has 1 aliphatic heterocycles. The first kappa shape index (κ1) is 15.5. The summed E-state index contributed by atoms with van der Waals surface area (Å²) < 4.78 is 12.3. The summed E-state index contributed by atoms with van der Waals surface area (Å²) in [5.74, 6) is 0. The van der Waals surface area contributed by atoms with Crippen LogP contribution in [0.3, 0.4) is 0 Å². The van der Waals surface area contributed by atoms with E-state index in [1.807, 2.05) is 18.5 Å². The lowest BCUT2D eigenvalue weighted by atomic mass is 9.73. The molecule has 0 amide bonds. The number of hydrogen-bond donors (Lipinski definition) is 0. The van der Waals surface area contributed by atoms with Crippen molar-refractivity contribution in [2.45, 2.75) is 66.1 Å². The largest absolute Gasteiger partial charge is 0.495 e. The quantitative estimate of drug-likeness (QED) is 0.778. The average Bonchev–Trinajstić information content (AvgIpc) is 2.46. The molecule has 1 aromatic heterocycles. The zero-order valence-electron chi connectivity index (χ0n) is 13.8. The zero-order chi connectivity index (χ0) is 15.2. The van der Waals surface area contributed by atoms with Crippen molar-refractivity contribution in [2.24, 2.45) is 5.41 Å². The molecule has 3 nitrogen and oxygen atoms in total. The predicted molar refractivity (Wildman–Crippen MR) is 83.1 cm³/mol. The first-order valence-electron chi connectivity index (χ1n) is 7.30. The van der Waals surface area contributed by atoms with Crippen LogP contribution in [0.25, 0.3) is 0 Å². The van der Waals surface area contributed by atoms with Gasteiger partial charge in [-0.25, -0.2) is 0 Å². The molecule has 0 radical (unpaired) electrons. The van der Waals surface area contributed by atoms with Crippen molar-refractivity contribution in [3.8, 4) is 0 Å². The highest BCUT2D eigenvalue weighted by atomic mass is 16.7. The Morgan fingerprint density at radius 1 is 1.10 bits per heavy atom. The van der Waals surface area contributed by atoms with E-state index in [9.17, 15) is 0 Å². The molecule has 0 aromatic carbocycles. The summed E-state index contributed by atoms with van der Waals surface area (Å²) in [6, 6.07) is 2.02. The second kappa shape index (κ2) is 4.85. The molecule has 1 saturated heterocycles. The maximum absolute atomic E-state index is 6.16. The molecule has 2 heterocycles. The summed E-state index contributed by atoms with van der Waals surface area (Å²) in [4.78, 5) is 4.26. The van der Waals surface area contributed by atoms with Crippen LogP contribution in [0.5, 0.6) is 0 Å². The van der Waals surface area contributed by atoms with E-state index in [0.29, 0.717) is 0 Å². The van der Waals surface area contributed by atoms with Gasteiger partial charge in [-0.05, 0) is 56.6 Å². The van der Waals surface area contributed by atoms with Crippen molar-refractivity contribution in [2.75, 3.05) is 0 Å². The summed E-state index contributed by atoms with van der Waals surface area (Å²) in [5.41, 5.74) is 1.91. The van der Waals surface area contributed by atoms with E-state index in [0.717, 1.165) is 11.9 Å². The van der Waals surface area contributed by atoms with Gasteiger partial charge in [0.05, 0.1) is 11.2 Å². The molecule has 0 aliphatic carbocycles. The van der Waals surface area contributed by atoms with Gasteiger partial charge >= 0.3 is 7.12 Å². The average molecular weight is 275 g/mol. The molecule has 110 valence electrons. The molecule has 1 fully saturated rings. The van der Waals surface area contributed by atoms with Gasteiger partial charge in [0.25, 0.3) is 0 Å². The van der Waals surface area contributed by atoms with E-state index in [1.54, 1.807) is 0 Å². The van der Waals surface area contributed by atoms with Crippen molar-refractivity contribution in [1.29, 1.82) is 0 Å². The minimum Gasteiger partial charge on any atom is -0.399 e. The molecule has 0 N–H and O–H groups in total. The molecule has 1 aliphatic rings. The molecular formula is C16H26BNO2. The fraction of sp³-hybridized carbons (Fsp3) is 0.688. The Kier molecular flexibility index (Phi) is 3.76. The molecule has 1 aromatic rings. The van der Waals surface area contributed by atoms with Gasteiger partial charge in [0, 0.05) is 12.4 Å². The standard InChI is InChI=1S/C16H26BNO2/c1-14(2,3)10-12-11-18-9-8-13(12)17-19-15(4,5)16(6,7)20-17/h8-9,11H,10H2,1-7H3. The zero-order valence-corrected chi connectivity index (χ0v) is 13.8. The Labute approximate surface area is 123 Å². The highest BCUT2D eigenvalue weighted by Gasteiger charge is 2.52. The number of rotatable bonds is 2. The van der Waals surface area contributed by atoms with E-state index >= 15 is 0 Å². The Morgan fingerprint density at radius 3 is 2.15 bits per heavy atom. The third kappa shape index (κ3) is 3.07. The van der Waals surface area contributed by atoms with Crippen molar-refractivity contribution in [3.05, 3.63) is 24.0 Å². The van der Waals surface area contributed by atoms with E-state index < -0.39 is 0 Å². The Hall–Kier alpha value is -0.865. The van der Waals surface area contributed by atoms with Crippen LogP contribution in [0, 0.1) is 5.41 Å². The van der Waals surface area contributed by atoms with Crippen LogP contribution in [-0.4, -0.2) is 23.3 Å². The van der Waals surface area contributed by atoms with E-state index in [2.05, 4.69) is 53.5 Å². The minimum absolute atomic E-state index is 0.210. The first-order chi connectivity index (χ1) is 9.02. The topological polar surface area (TPSA) is 31.4 Å². The maximum atomic E-state index is 6.16. The smallest absolute Gasteiger partial charge is 0.399 e. The fourth-order valence-corrected chi connectivity index (χ4v) is 2.36. The molecule has 0 saturated carbocycles. The van der Waals surface area contributed by atoms with Crippen molar-refractivity contribution in [3.63, 3.8) is 0 Å². The molecule has 0 spiro atoms. The second-order valence-corrected chi connectivity index (χ2v) is 7.90. The highest BCUT2D eigenvalue weighted by molar-refractivity contribution is 6.62. The Morgan fingerprint density at radius 2 is 1.65 bits per heavy atom. The van der Waals surface area contributed by atoms with Crippen LogP contribution < -0.4 is 5.46 Å². The number of nitrogens with zero attached hydrogens (tertiary/aromatic N) is 1. The number of aromatic nitrogens is 1. The SMILES string of the molecule is CC(C)(C)Cc1cnccc1B1OC(C)(C)C(C)(C)O1. The van der Waals surface area contributed by atoms with Crippen LogP contribution in [0.4, 0.5) is 0 Å². The Balaban J connectivity index is 2.31. The van der Waals surface area contributed by atoms with Gasteiger partial charge in [-0.2, -0.15) is 0 Å². The van der Waals surface area contributed by atoms with Crippen LogP contribution in [0.15, 0.2) is 18.5 Å². The van der Waals surface area contributed by atoms with Gasteiger partial charge in [0.2, 0.25) is 0 Å². The number of pyridine rings is 1. The molecule has 4 heteroatoms. The lowest BCUT2D eigenvalue weighted by molar-refractivity contribution is 0.00578. The monoisotopic (exact) mass is 275 g/mol. The van der Waals surface area contributed by atoms with Gasteiger partial charge in [0.1, 0.15) is 0 Å². The summed E-state index contributed by atoms with van der Waals surface area (Å²) in [5, 5.41) is 0. The molecule has 20 heavy (non-hydrogen) atoms. The van der Waals surface area contributed by atoms with Crippen LogP contribution in [0.2, 0.25) is 0 Å². The number of hydrogen-bond acceptors (Lipinski definition) is 3. The van der Waals surface area contributed by atoms with Crippen LogP contribution in [-0.2, 0) is 15.7 Å². The lowest BCUT2D eigenvalue weighted by Gasteiger charge is -2.32. The maximum Gasteiger partial charge on any atom is 0.495 e. The summed E-state index contributed by atoms with van der Waals surface area (Å²) in [6.45, 7) is 15.0. The molecule has 2 rings (SSSR count). The van der Waals surface area contributed by atoms with Crippen molar-refractivity contribution < 1.29 is 9.31 Å². The first-order valence-corrected chi connectivity index (χ1v) is 7.30. The third-order valence-electron chi connectivity index (χ3n) is 4.17. The Bertz CT molecular complexity index is 475. The van der Waals surface area contributed by atoms with Gasteiger partial charge < -0.3 is 9.31 Å². The van der Waals surface area contributed by atoms with Crippen LogP contribution >= 0.6 is 0 Å². The summed E-state index contributed by atoms with van der Waals surface area (Å²) >= 11 is 0. The van der Waals surface area contributed by atoms with Crippen LogP contribution in [0.1, 0.15) is 54.0 Å². The molecular weight excluding hydrogens is 249 g/mol. The summed E-state index contributed by atoms with van der Waals surface area (Å²) in [6.07, 6.45) is 4.71. The van der Waals surface area contributed by atoms with Gasteiger partial charge in [0.15, 0.2) is 0 Å². The minimum atomic E-state index is -0.306. The van der Waals surface area contributed by atoms with Gasteiger partial charge in [-0.1, -0.05) is 20.8 Å². The van der Waals surface area contributed by atoms with E-state index in [-0.39, 0.29) is 23.7 Å². The highest BCUT2D eigenvalue weighted by Crippen LogP contribution is 2.36. The normalized spacial score (nSPS) is 21.2. The third-order valence-corrected chi connectivity index (χ3v) is 4.17.